The zero-order chi connectivity index (χ0) is 18.8. The topological polar surface area (TPSA) is 45.5 Å². The highest BCUT2D eigenvalue weighted by molar-refractivity contribution is 7.98. The molecule has 1 unspecified atom stereocenters. The number of hydrogen-bond donors (Lipinski definition) is 1. The minimum Gasteiger partial charge on any atom is -0.451 e. The second-order valence-corrected chi connectivity index (χ2v) is 7.70. The first-order valence-electron chi connectivity index (χ1n) is 9.01. The van der Waals surface area contributed by atoms with E-state index in [1.54, 1.807) is 17.0 Å². The normalized spacial score (nSPS) is 16.1. The quantitative estimate of drug-likeness (QED) is 0.606. The van der Waals surface area contributed by atoms with Gasteiger partial charge in [0.05, 0.1) is 0 Å². The van der Waals surface area contributed by atoms with E-state index in [0.717, 1.165) is 30.5 Å². The Morgan fingerprint density at radius 3 is 2.75 bits per heavy atom. The number of hydrogen-bond acceptors (Lipinski definition) is 4. The summed E-state index contributed by atoms with van der Waals surface area (Å²) >= 11 is 1.38. The van der Waals surface area contributed by atoms with Crippen LogP contribution in [0.4, 0.5) is 4.39 Å². The zero-order valence-electron chi connectivity index (χ0n) is 15.5. The summed E-state index contributed by atoms with van der Waals surface area (Å²) < 4.78 is 19.9. The minimum atomic E-state index is -0.252. The van der Waals surface area contributed by atoms with E-state index >= 15 is 0 Å². The Morgan fingerprint density at radius 1 is 1.25 bits per heavy atom. The zero-order valence-corrected chi connectivity index (χ0v) is 17.1. The van der Waals surface area contributed by atoms with Crippen LogP contribution in [0.15, 0.2) is 57.8 Å². The van der Waals surface area contributed by atoms with Crippen LogP contribution in [0, 0.1) is 5.82 Å². The molecule has 2 aromatic carbocycles. The predicted molar refractivity (Wildman–Crippen MR) is 113 cm³/mol. The number of likely N-dealkylation sites (N-methyl/N-ethyl adjacent to an activating group) is 1. The van der Waals surface area contributed by atoms with Crippen molar-refractivity contribution in [2.75, 3.05) is 20.1 Å². The fourth-order valence-corrected chi connectivity index (χ4v) is 4.39. The number of carbonyl (C=O) groups is 1. The van der Waals surface area contributed by atoms with Crippen LogP contribution in [0.2, 0.25) is 0 Å². The number of carbonyl (C=O) groups excluding carboxylic acids is 1. The van der Waals surface area contributed by atoms with Gasteiger partial charge >= 0.3 is 0 Å². The molecule has 0 spiro atoms. The summed E-state index contributed by atoms with van der Waals surface area (Å²) in [4.78, 5) is 15.4. The van der Waals surface area contributed by atoms with Crippen molar-refractivity contribution in [1.82, 2.24) is 10.2 Å². The summed E-state index contributed by atoms with van der Waals surface area (Å²) in [5.74, 6) is 0.450. The number of benzene rings is 2. The molecule has 28 heavy (non-hydrogen) atoms. The van der Waals surface area contributed by atoms with Crippen molar-refractivity contribution in [3.8, 4) is 0 Å². The molecule has 4 nitrogen and oxygen atoms in total. The Morgan fingerprint density at radius 2 is 2.00 bits per heavy atom. The number of nitrogens with one attached hydrogen (secondary N) is 1. The van der Waals surface area contributed by atoms with Crippen LogP contribution in [0.5, 0.6) is 0 Å². The molecule has 148 valence electrons. The molecule has 1 aromatic heterocycles. The van der Waals surface area contributed by atoms with E-state index in [1.165, 1.54) is 17.8 Å². The van der Waals surface area contributed by atoms with Crippen LogP contribution < -0.4 is 5.32 Å². The molecule has 3 aromatic rings. The third-order valence-corrected chi connectivity index (χ3v) is 6.08. The van der Waals surface area contributed by atoms with Gasteiger partial charge in [-0.05, 0) is 31.2 Å². The molecule has 7 heteroatoms. The fraction of sp³-hybridized carbons (Fsp3) is 0.286. The molecule has 2 heterocycles. The highest BCUT2D eigenvalue weighted by atomic mass is 35.5. The smallest absolute Gasteiger partial charge is 0.289 e. The van der Waals surface area contributed by atoms with Gasteiger partial charge < -0.3 is 14.6 Å². The summed E-state index contributed by atoms with van der Waals surface area (Å²) in [6.45, 7) is 1.71. The van der Waals surface area contributed by atoms with E-state index in [0.29, 0.717) is 22.0 Å². The summed E-state index contributed by atoms with van der Waals surface area (Å²) in [5, 5.41) is 4.19. The average Bonchev–Trinajstić information content (AvgIpc) is 3.34. The molecule has 1 aliphatic heterocycles. The van der Waals surface area contributed by atoms with Gasteiger partial charge in [0.1, 0.15) is 11.4 Å². The number of fused-ring (bicyclic) bond motifs is 1. The van der Waals surface area contributed by atoms with E-state index in [9.17, 15) is 9.18 Å². The summed E-state index contributed by atoms with van der Waals surface area (Å²) in [5.41, 5.74) is 1.50. The van der Waals surface area contributed by atoms with Gasteiger partial charge in [-0.3, -0.25) is 4.79 Å². The van der Waals surface area contributed by atoms with Crippen LogP contribution in [-0.2, 0) is 5.75 Å². The number of thioether (sulfide) groups is 1. The Bertz CT molecular complexity index is 972. The lowest BCUT2D eigenvalue weighted by Crippen LogP contribution is -2.38. The second kappa shape index (κ2) is 8.99. The fourth-order valence-electron chi connectivity index (χ4n) is 3.42. The van der Waals surface area contributed by atoms with Crippen LogP contribution >= 0.6 is 24.2 Å². The highest BCUT2D eigenvalue weighted by Crippen LogP contribution is 2.33. The maximum Gasteiger partial charge on any atom is 0.289 e. The lowest BCUT2D eigenvalue weighted by atomic mass is 10.1. The highest BCUT2D eigenvalue weighted by Gasteiger charge is 2.29. The molecular weight excluding hydrogens is 399 g/mol. The Kier molecular flexibility index (Phi) is 6.65. The minimum absolute atomic E-state index is 0. The molecule has 0 radical (unpaired) electrons. The van der Waals surface area contributed by atoms with Crippen molar-refractivity contribution in [2.24, 2.45) is 0 Å². The molecular formula is C21H22ClFN2O2S. The van der Waals surface area contributed by atoms with E-state index in [2.05, 4.69) is 5.32 Å². The molecule has 1 saturated heterocycles. The third kappa shape index (κ3) is 4.04. The average molecular weight is 421 g/mol. The predicted octanol–water partition coefficient (Wildman–Crippen LogP) is 4.72. The first-order chi connectivity index (χ1) is 13.1. The van der Waals surface area contributed by atoms with E-state index in [1.807, 2.05) is 37.4 Å². The van der Waals surface area contributed by atoms with Gasteiger partial charge in [0, 0.05) is 41.2 Å². The summed E-state index contributed by atoms with van der Waals surface area (Å²) in [7, 11) is 1.82. The van der Waals surface area contributed by atoms with Gasteiger partial charge in [0.15, 0.2) is 5.76 Å². The summed E-state index contributed by atoms with van der Waals surface area (Å²) in [6, 6.07) is 14.5. The number of amides is 1. The van der Waals surface area contributed by atoms with Gasteiger partial charge in [-0.2, -0.15) is 0 Å². The van der Waals surface area contributed by atoms with Crippen molar-refractivity contribution in [3.63, 3.8) is 0 Å². The molecule has 1 N–H and O–H groups in total. The Labute approximate surface area is 173 Å². The monoisotopic (exact) mass is 420 g/mol. The van der Waals surface area contributed by atoms with Gasteiger partial charge in [-0.15, -0.1) is 24.2 Å². The van der Waals surface area contributed by atoms with Gasteiger partial charge in [0.2, 0.25) is 0 Å². The largest absolute Gasteiger partial charge is 0.451 e. The molecule has 0 bridgehead atoms. The lowest BCUT2D eigenvalue weighted by Gasteiger charge is -2.23. The number of rotatable bonds is 5. The Hall–Kier alpha value is -2.02. The molecule has 4 rings (SSSR count). The molecule has 1 aliphatic rings. The molecule has 1 amide bonds. The first-order valence-corrected chi connectivity index (χ1v) is 9.99. The Balaban J connectivity index is 0.00000225. The number of para-hydroxylation sites is 1. The maximum absolute atomic E-state index is 14.0. The van der Waals surface area contributed by atoms with Crippen molar-refractivity contribution in [1.29, 1.82) is 0 Å². The maximum atomic E-state index is 14.0. The number of halogens is 2. The van der Waals surface area contributed by atoms with Crippen molar-refractivity contribution < 1.29 is 13.6 Å². The standard InChI is InChI=1S/C21H21FN2O2S.ClH/c1-24(14-10-11-23-12-14)21(25)20-16(15-6-2-4-8-18(15)26-20)13-27-19-9-5-3-7-17(19)22;/h2-9,14,23H,10-13H2,1H3;1H. The van der Waals surface area contributed by atoms with Crippen LogP contribution in [0.3, 0.4) is 0 Å². The second-order valence-electron chi connectivity index (χ2n) is 6.69. The van der Waals surface area contributed by atoms with Crippen LogP contribution in [0.1, 0.15) is 22.5 Å². The van der Waals surface area contributed by atoms with Crippen LogP contribution in [-0.4, -0.2) is 37.0 Å². The number of furan rings is 1. The first kappa shape index (κ1) is 20.7. The molecule has 1 atom stereocenters. The van der Waals surface area contributed by atoms with Crippen molar-refractivity contribution in [3.05, 3.63) is 65.7 Å². The summed E-state index contributed by atoms with van der Waals surface area (Å²) in [6.07, 6.45) is 0.932. The van der Waals surface area contributed by atoms with Gasteiger partial charge in [-0.1, -0.05) is 30.3 Å². The third-order valence-electron chi connectivity index (χ3n) is 5.00. The van der Waals surface area contributed by atoms with E-state index in [4.69, 9.17) is 4.42 Å². The van der Waals surface area contributed by atoms with Crippen LogP contribution in [0.25, 0.3) is 11.0 Å². The van der Waals surface area contributed by atoms with Gasteiger partial charge in [0.25, 0.3) is 5.91 Å². The molecule has 1 fully saturated rings. The molecule has 0 aliphatic carbocycles. The SMILES string of the molecule is CN(C(=O)c1oc2ccccc2c1CSc1ccccc1F)C1CCNC1.Cl. The van der Waals surface area contributed by atoms with Crippen molar-refractivity contribution in [2.45, 2.75) is 23.1 Å². The lowest BCUT2D eigenvalue weighted by molar-refractivity contribution is 0.0713. The van der Waals surface area contributed by atoms with E-state index < -0.39 is 0 Å². The molecule has 0 saturated carbocycles. The number of nitrogens with zero attached hydrogens (tertiary/aromatic N) is 1. The van der Waals surface area contributed by atoms with E-state index in [-0.39, 0.29) is 30.2 Å². The van der Waals surface area contributed by atoms with Gasteiger partial charge in [-0.25, -0.2) is 4.39 Å². The van der Waals surface area contributed by atoms with Crippen molar-refractivity contribution >= 4 is 41.0 Å².